The molecule has 1 heterocycles. The Morgan fingerprint density at radius 2 is 1.83 bits per heavy atom. The van der Waals surface area contributed by atoms with E-state index in [1.165, 1.54) is 36.0 Å². The molecule has 0 saturated carbocycles. The van der Waals surface area contributed by atoms with E-state index in [9.17, 15) is 18.4 Å². The molecule has 0 aromatic heterocycles. The van der Waals surface area contributed by atoms with Gasteiger partial charge in [-0.2, -0.15) is 0 Å². The minimum absolute atomic E-state index is 0.0453. The lowest BCUT2D eigenvalue weighted by Gasteiger charge is -2.40. The van der Waals surface area contributed by atoms with Crippen LogP contribution in [0.1, 0.15) is 23.7 Å². The molecule has 1 aliphatic rings. The van der Waals surface area contributed by atoms with Gasteiger partial charge in [0.25, 0.3) is 5.91 Å². The van der Waals surface area contributed by atoms with E-state index in [0.29, 0.717) is 25.4 Å². The molecule has 2 atom stereocenters. The van der Waals surface area contributed by atoms with Crippen LogP contribution in [0.25, 0.3) is 0 Å². The molecule has 2 aromatic carbocycles. The molecule has 2 amide bonds. The van der Waals surface area contributed by atoms with E-state index in [4.69, 9.17) is 5.73 Å². The number of nitrogens with two attached hydrogens (primary N) is 1. The van der Waals surface area contributed by atoms with E-state index < -0.39 is 5.82 Å². The molecule has 0 bridgehead atoms. The SMILES string of the molecule is C[C@H]1CN(C(=O)C[C@H](N)CSc2ccc(F)cc2)CCN1C(=O)c1ccccc1F. The second-order valence-corrected chi connectivity index (χ2v) is 8.49. The van der Waals surface area contributed by atoms with E-state index in [2.05, 4.69) is 0 Å². The Kier molecular flexibility index (Phi) is 7.44. The van der Waals surface area contributed by atoms with Crippen molar-refractivity contribution in [2.45, 2.75) is 30.3 Å². The first kappa shape index (κ1) is 22.2. The van der Waals surface area contributed by atoms with Gasteiger partial charge in [-0.05, 0) is 43.3 Å². The third kappa shape index (κ3) is 5.58. The van der Waals surface area contributed by atoms with Crippen LogP contribution in [0.4, 0.5) is 8.78 Å². The van der Waals surface area contributed by atoms with Crippen molar-refractivity contribution in [3.63, 3.8) is 0 Å². The van der Waals surface area contributed by atoms with Gasteiger partial charge >= 0.3 is 0 Å². The molecule has 3 rings (SSSR count). The van der Waals surface area contributed by atoms with Crippen LogP contribution < -0.4 is 5.73 Å². The van der Waals surface area contributed by atoms with Crippen molar-refractivity contribution >= 4 is 23.6 Å². The number of thioether (sulfide) groups is 1. The van der Waals surface area contributed by atoms with Crippen molar-refractivity contribution in [2.75, 3.05) is 25.4 Å². The van der Waals surface area contributed by atoms with Crippen molar-refractivity contribution in [1.29, 1.82) is 0 Å². The average Bonchev–Trinajstić information content (AvgIpc) is 2.73. The predicted octanol–water partition coefficient (Wildman–Crippen LogP) is 3.15. The van der Waals surface area contributed by atoms with Crippen molar-refractivity contribution in [3.8, 4) is 0 Å². The largest absolute Gasteiger partial charge is 0.339 e. The van der Waals surface area contributed by atoms with E-state index in [-0.39, 0.29) is 41.7 Å². The number of benzene rings is 2. The van der Waals surface area contributed by atoms with Crippen molar-refractivity contribution in [3.05, 3.63) is 65.7 Å². The molecular formula is C22H25F2N3O2S. The molecule has 160 valence electrons. The summed E-state index contributed by atoms with van der Waals surface area (Å²) in [5.74, 6) is -0.718. The Labute approximate surface area is 179 Å². The first-order chi connectivity index (χ1) is 14.3. The van der Waals surface area contributed by atoms with E-state index >= 15 is 0 Å². The molecular weight excluding hydrogens is 408 g/mol. The zero-order valence-corrected chi connectivity index (χ0v) is 17.6. The van der Waals surface area contributed by atoms with Crippen LogP contribution in [0.5, 0.6) is 0 Å². The summed E-state index contributed by atoms with van der Waals surface area (Å²) in [4.78, 5) is 29.5. The number of halogens is 2. The fourth-order valence-corrected chi connectivity index (χ4v) is 4.27. The van der Waals surface area contributed by atoms with Gasteiger partial charge in [-0.3, -0.25) is 9.59 Å². The monoisotopic (exact) mass is 433 g/mol. The van der Waals surface area contributed by atoms with Gasteiger partial charge in [0.2, 0.25) is 5.91 Å². The minimum Gasteiger partial charge on any atom is -0.339 e. The van der Waals surface area contributed by atoms with Crippen LogP contribution in [0.2, 0.25) is 0 Å². The Bertz CT molecular complexity index is 894. The standard InChI is InChI=1S/C22H25F2N3O2S/c1-15-13-26(10-11-27(15)22(29)19-4-2-3-5-20(19)24)21(28)12-17(25)14-30-18-8-6-16(23)7-9-18/h2-9,15,17H,10-14,25H2,1H3/t15-,17-/m0/s1. The molecule has 2 aromatic rings. The molecule has 2 N–H and O–H groups in total. The predicted molar refractivity (Wildman–Crippen MR) is 113 cm³/mol. The highest BCUT2D eigenvalue weighted by molar-refractivity contribution is 7.99. The lowest BCUT2D eigenvalue weighted by atomic mass is 10.1. The second-order valence-electron chi connectivity index (χ2n) is 7.40. The van der Waals surface area contributed by atoms with E-state index in [1.807, 2.05) is 6.92 Å². The van der Waals surface area contributed by atoms with Crippen molar-refractivity contribution in [2.24, 2.45) is 5.73 Å². The summed E-state index contributed by atoms with van der Waals surface area (Å²) in [6, 6.07) is 11.5. The number of hydrogen-bond acceptors (Lipinski definition) is 4. The summed E-state index contributed by atoms with van der Waals surface area (Å²) in [7, 11) is 0. The first-order valence-corrected chi connectivity index (χ1v) is 10.8. The maximum atomic E-state index is 13.9. The quantitative estimate of drug-likeness (QED) is 0.711. The fraction of sp³-hybridized carbons (Fsp3) is 0.364. The maximum absolute atomic E-state index is 13.9. The molecule has 1 aliphatic heterocycles. The van der Waals surface area contributed by atoms with Crippen LogP contribution in [0, 0.1) is 11.6 Å². The maximum Gasteiger partial charge on any atom is 0.257 e. The minimum atomic E-state index is -0.544. The van der Waals surface area contributed by atoms with Gasteiger partial charge in [0.1, 0.15) is 11.6 Å². The number of piperazine rings is 1. The van der Waals surface area contributed by atoms with Gasteiger partial charge in [0.05, 0.1) is 5.56 Å². The van der Waals surface area contributed by atoms with Crippen LogP contribution in [-0.2, 0) is 4.79 Å². The van der Waals surface area contributed by atoms with Crippen LogP contribution in [-0.4, -0.2) is 59.1 Å². The number of rotatable bonds is 6. The highest BCUT2D eigenvalue weighted by Crippen LogP contribution is 2.20. The highest BCUT2D eigenvalue weighted by Gasteiger charge is 2.31. The molecule has 5 nitrogen and oxygen atoms in total. The molecule has 0 aliphatic carbocycles. The topological polar surface area (TPSA) is 66.6 Å². The van der Waals surface area contributed by atoms with Gasteiger partial charge in [-0.15, -0.1) is 11.8 Å². The molecule has 1 saturated heterocycles. The molecule has 0 spiro atoms. The number of nitrogens with zero attached hydrogens (tertiary/aromatic N) is 2. The molecule has 30 heavy (non-hydrogen) atoms. The summed E-state index contributed by atoms with van der Waals surface area (Å²) in [6.07, 6.45) is 0.197. The Morgan fingerprint density at radius 1 is 1.13 bits per heavy atom. The molecule has 8 heteroatoms. The Hall–Kier alpha value is -2.45. The van der Waals surface area contributed by atoms with Crippen LogP contribution in [0.3, 0.4) is 0 Å². The lowest BCUT2D eigenvalue weighted by Crippen LogP contribution is -2.56. The van der Waals surface area contributed by atoms with Gasteiger partial charge in [0.15, 0.2) is 0 Å². The Morgan fingerprint density at radius 3 is 2.50 bits per heavy atom. The number of hydrogen-bond donors (Lipinski definition) is 1. The van der Waals surface area contributed by atoms with Gasteiger partial charge < -0.3 is 15.5 Å². The zero-order chi connectivity index (χ0) is 21.7. The summed E-state index contributed by atoms with van der Waals surface area (Å²) in [6.45, 7) is 2.97. The van der Waals surface area contributed by atoms with Crippen LogP contribution >= 0.6 is 11.8 Å². The highest BCUT2D eigenvalue weighted by atomic mass is 32.2. The smallest absolute Gasteiger partial charge is 0.257 e. The summed E-state index contributed by atoms with van der Waals surface area (Å²) in [5, 5.41) is 0. The number of carbonyl (C=O) groups is 2. The second kappa shape index (κ2) is 10.0. The normalized spacial score (nSPS) is 17.7. The molecule has 0 radical (unpaired) electrons. The molecule has 1 fully saturated rings. The molecule has 0 unspecified atom stereocenters. The Balaban J connectivity index is 1.49. The third-order valence-electron chi connectivity index (χ3n) is 5.06. The third-order valence-corrected chi connectivity index (χ3v) is 6.26. The summed E-state index contributed by atoms with van der Waals surface area (Å²) in [5.41, 5.74) is 6.16. The number of carbonyl (C=O) groups excluding carboxylic acids is 2. The van der Waals surface area contributed by atoms with E-state index in [1.54, 1.807) is 34.1 Å². The number of amides is 2. The van der Waals surface area contributed by atoms with Crippen molar-refractivity contribution in [1.82, 2.24) is 9.80 Å². The first-order valence-electron chi connectivity index (χ1n) is 9.82. The van der Waals surface area contributed by atoms with Crippen LogP contribution in [0.15, 0.2) is 53.4 Å². The lowest BCUT2D eigenvalue weighted by molar-refractivity contribution is -0.133. The van der Waals surface area contributed by atoms with Gasteiger partial charge in [0, 0.05) is 48.8 Å². The van der Waals surface area contributed by atoms with E-state index in [0.717, 1.165) is 4.90 Å². The summed E-state index contributed by atoms with van der Waals surface area (Å²) < 4.78 is 26.9. The van der Waals surface area contributed by atoms with Gasteiger partial charge in [-0.1, -0.05) is 12.1 Å². The zero-order valence-electron chi connectivity index (χ0n) is 16.8. The average molecular weight is 434 g/mol. The van der Waals surface area contributed by atoms with Gasteiger partial charge in [-0.25, -0.2) is 8.78 Å². The summed E-state index contributed by atoms with van der Waals surface area (Å²) >= 11 is 1.48. The fourth-order valence-electron chi connectivity index (χ4n) is 3.42. The van der Waals surface area contributed by atoms with Crippen molar-refractivity contribution < 1.29 is 18.4 Å².